The first-order valence-corrected chi connectivity index (χ1v) is 9.05. The molecule has 0 radical (unpaired) electrons. The van der Waals surface area contributed by atoms with E-state index in [9.17, 15) is 23.5 Å². The SMILES string of the molecule is CC(C)CC(=O)C1=C(O)C(=O)N(Cc2ccc(F)cc2)C1c1ccc(F)cc1. The van der Waals surface area contributed by atoms with E-state index in [1.807, 2.05) is 13.8 Å². The Morgan fingerprint density at radius 3 is 2.11 bits per heavy atom. The van der Waals surface area contributed by atoms with Gasteiger partial charge in [-0.1, -0.05) is 38.1 Å². The molecule has 1 atom stereocenters. The van der Waals surface area contributed by atoms with Gasteiger partial charge >= 0.3 is 0 Å². The molecule has 0 aromatic heterocycles. The van der Waals surface area contributed by atoms with Gasteiger partial charge in [-0.25, -0.2) is 8.78 Å². The molecule has 1 heterocycles. The largest absolute Gasteiger partial charge is 0.503 e. The van der Waals surface area contributed by atoms with E-state index in [1.165, 1.54) is 53.4 Å². The van der Waals surface area contributed by atoms with Crippen LogP contribution in [-0.4, -0.2) is 21.7 Å². The van der Waals surface area contributed by atoms with Crippen molar-refractivity contribution in [3.8, 4) is 0 Å². The summed E-state index contributed by atoms with van der Waals surface area (Å²) in [7, 11) is 0. The highest BCUT2D eigenvalue weighted by molar-refractivity contribution is 6.09. The zero-order chi connectivity index (χ0) is 20.4. The molecule has 1 unspecified atom stereocenters. The predicted octanol–water partition coefficient (Wildman–Crippen LogP) is 4.48. The van der Waals surface area contributed by atoms with Crippen LogP contribution in [0.1, 0.15) is 37.4 Å². The van der Waals surface area contributed by atoms with Crippen LogP contribution < -0.4 is 0 Å². The van der Waals surface area contributed by atoms with Crippen LogP contribution in [0.25, 0.3) is 0 Å². The summed E-state index contributed by atoms with van der Waals surface area (Å²) < 4.78 is 26.6. The molecule has 0 spiro atoms. The number of aliphatic hydroxyl groups is 1. The summed E-state index contributed by atoms with van der Waals surface area (Å²) in [5.41, 5.74) is 1.19. The molecule has 3 rings (SSSR count). The molecular formula is C22H21F2NO3. The van der Waals surface area contributed by atoms with Gasteiger partial charge in [-0.2, -0.15) is 0 Å². The summed E-state index contributed by atoms with van der Waals surface area (Å²) in [6.45, 7) is 3.81. The Balaban J connectivity index is 2.02. The summed E-state index contributed by atoms with van der Waals surface area (Å²) >= 11 is 0. The first-order chi connectivity index (χ1) is 13.3. The van der Waals surface area contributed by atoms with E-state index in [0.717, 1.165) is 0 Å². The zero-order valence-electron chi connectivity index (χ0n) is 15.7. The maximum atomic E-state index is 13.4. The van der Waals surface area contributed by atoms with E-state index in [1.54, 1.807) is 0 Å². The minimum atomic E-state index is -0.829. The van der Waals surface area contributed by atoms with E-state index < -0.39 is 29.3 Å². The van der Waals surface area contributed by atoms with Gasteiger partial charge in [0.25, 0.3) is 5.91 Å². The molecule has 28 heavy (non-hydrogen) atoms. The highest BCUT2D eigenvalue weighted by Crippen LogP contribution is 2.39. The quantitative estimate of drug-likeness (QED) is 0.798. The molecule has 0 saturated heterocycles. The minimum Gasteiger partial charge on any atom is -0.503 e. The van der Waals surface area contributed by atoms with Crippen molar-refractivity contribution in [3.63, 3.8) is 0 Å². The Kier molecular flexibility index (Phi) is 5.58. The highest BCUT2D eigenvalue weighted by atomic mass is 19.1. The van der Waals surface area contributed by atoms with Gasteiger partial charge in [-0.05, 0) is 41.3 Å². The summed E-state index contributed by atoms with van der Waals surface area (Å²) in [4.78, 5) is 26.9. The second kappa shape index (κ2) is 7.92. The summed E-state index contributed by atoms with van der Waals surface area (Å²) in [5, 5.41) is 10.5. The lowest BCUT2D eigenvalue weighted by Crippen LogP contribution is -2.30. The summed E-state index contributed by atoms with van der Waals surface area (Å²) in [6.07, 6.45) is 0.175. The van der Waals surface area contributed by atoms with E-state index in [4.69, 9.17) is 0 Å². The van der Waals surface area contributed by atoms with Crippen molar-refractivity contribution in [2.24, 2.45) is 5.92 Å². The molecular weight excluding hydrogens is 364 g/mol. The van der Waals surface area contributed by atoms with Gasteiger partial charge in [-0.15, -0.1) is 0 Å². The molecule has 1 N–H and O–H groups in total. The van der Waals surface area contributed by atoms with E-state index >= 15 is 0 Å². The Morgan fingerprint density at radius 1 is 1.04 bits per heavy atom. The lowest BCUT2D eigenvalue weighted by molar-refractivity contribution is -0.130. The monoisotopic (exact) mass is 385 g/mol. The van der Waals surface area contributed by atoms with Crippen molar-refractivity contribution in [2.45, 2.75) is 32.9 Å². The molecule has 0 fully saturated rings. The molecule has 2 aromatic carbocycles. The number of nitrogens with zero attached hydrogens (tertiary/aromatic N) is 1. The zero-order valence-corrected chi connectivity index (χ0v) is 15.7. The number of carbonyl (C=O) groups excluding carboxylic acids is 2. The maximum Gasteiger partial charge on any atom is 0.290 e. The average molecular weight is 385 g/mol. The molecule has 2 aromatic rings. The maximum absolute atomic E-state index is 13.4. The predicted molar refractivity (Wildman–Crippen MR) is 100 cm³/mol. The van der Waals surface area contributed by atoms with E-state index in [0.29, 0.717) is 11.1 Å². The highest BCUT2D eigenvalue weighted by Gasteiger charge is 2.43. The van der Waals surface area contributed by atoms with Gasteiger partial charge in [-0.3, -0.25) is 9.59 Å². The molecule has 0 saturated carbocycles. The minimum absolute atomic E-state index is 0.0208. The second-order valence-electron chi connectivity index (χ2n) is 7.30. The molecule has 1 aliphatic heterocycles. The molecule has 1 aliphatic rings. The Labute approximate surface area is 162 Å². The third kappa shape index (κ3) is 3.96. The van der Waals surface area contributed by atoms with Crippen LogP contribution in [0.2, 0.25) is 0 Å². The third-order valence-corrected chi connectivity index (χ3v) is 4.65. The number of carbonyl (C=O) groups is 2. The topological polar surface area (TPSA) is 57.6 Å². The molecule has 0 bridgehead atoms. The fraction of sp³-hybridized carbons (Fsp3) is 0.273. The number of halogens is 2. The van der Waals surface area contributed by atoms with E-state index in [-0.39, 0.29) is 30.2 Å². The van der Waals surface area contributed by atoms with Gasteiger partial charge in [0.05, 0.1) is 11.6 Å². The third-order valence-electron chi connectivity index (χ3n) is 4.65. The van der Waals surface area contributed by atoms with Crippen molar-refractivity contribution < 1.29 is 23.5 Å². The first kappa shape index (κ1) is 19.7. The fourth-order valence-corrected chi connectivity index (χ4v) is 3.36. The van der Waals surface area contributed by atoms with Crippen LogP contribution >= 0.6 is 0 Å². The van der Waals surface area contributed by atoms with Crippen LogP contribution in [0.15, 0.2) is 59.9 Å². The van der Waals surface area contributed by atoms with Crippen molar-refractivity contribution in [1.82, 2.24) is 4.90 Å². The summed E-state index contributed by atoms with van der Waals surface area (Å²) in [6, 6.07) is 10.3. The Morgan fingerprint density at radius 2 is 1.57 bits per heavy atom. The van der Waals surface area contributed by atoms with Crippen LogP contribution in [0, 0.1) is 17.6 Å². The Hall–Kier alpha value is -3.02. The average Bonchev–Trinajstić information content (AvgIpc) is 2.88. The van der Waals surface area contributed by atoms with Crippen LogP contribution in [0.4, 0.5) is 8.78 Å². The van der Waals surface area contributed by atoms with Gasteiger partial charge in [0.2, 0.25) is 0 Å². The van der Waals surface area contributed by atoms with Gasteiger partial charge in [0, 0.05) is 13.0 Å². The van der Waals surface area contributed by atoms with Gasteiger partial charge < -0.3 is 10.0 Å². The normalized spacial score (nSPS) is 17.0. The number of hydrogen-bond acceptors (Lipinski definition) is 3. The second-order valence-corrected chi connectivity index (χ2v) is 7.30. The number of hydrogen-bond donors (Lipinski definition) is 1. The van der Waals surface area contributed by atoms with Crippen molar-refractivity contribution in [2.75, 3.05) is 0 Å². The van der Waals surface area contributed by atoms with Crippen LogP contribution in [-0.2, 0) is 16.1 Å². The standard InChI is InChI=1S/C22H21F2NO3/c1-13(2)11-18(26)19-20(15-5-9-17(24)10-6-15)25(22(28)21(19)27)12-14-3-7-16(23)8-4-14/h3-10,13,20,27H,11-12H2,1-2H3. The number of benzene rings is 2. The number of rotatable bonds is 6. The Bertz CT molecular complexity index is 918. The van der Waals surface area contributed by atoms with Crippen molar-refractivity contribution in [3.05, 3.63) is 82.6 Å². The van der Waals surface area contributed by atoms with Crippen molar-refractivity contribution in [1.29, 1.82) is 0 Å². The fourth-order valence-electron chi connectivity index (χ4n) is 3.36. The lowest BCUT2D eigenvalue weighted by atomic mass is 9.92. The lowest BCUT2D eigenvalue weighted by Gasteiger charge is -2.27. The van der Waals surface area contributed by atoms with Crippen LogP contribution in [0.3, 0.4) is 0 Å². The smallest absolute Gasteiger partial charge is 0.290 e. The number of ketones is 1. The summed E-state index contributed by atoms with van der Waals surface area (Å²) in [5.74, 6) is -2.38. The molecule has 1 amide bonds. The first-order valence-electron chi connectivity index (χ1n) is 9.05. The van der Waals surface area contributed by atoms with Crippen LogP contribution in [0.5, 0.6) is 0 Å². The molecule has 4 nitrogen and oxygen atoms in total. The molecule has 146 valence electrons. The number of amides is 1. The molecule has 0 aliphatic carbocycles. The van der Waals surface area contributed by atoms with E-state index in [2.05, 4.69) is 0 Å². The molecule has 6 heteroatoms. The van der Waals surface area contributed by atoms with Gasteiger partial charge in [0.1, 0.15) is 11.6 Å². The number of Topliss-reactive ketones (excluding diaryl/α,β-unsaturated/α-hetero) is 1. The van der Waals surface area contributed by atoms with Crippen molar-refractivity contribution >= 4 is 11.7 Å². The van der Waals surface area contributed by atoms with Gasteiger partial charge in [0.15, 0.2) is 11.5 Å². The number of aliphatic hydroxyl groups excluding tert-OH is 1.